The van der Waals surface area contributed by atoms with Gasteiger partial charge in [-0.05, 0) is 69.5 Å². The van der Waals surface area contributed by atoms with Crippen LogP contribution in [0.3, 0.4) is 0 Å². The van der Waals surface area contributed by atoms with Gasteiger partial charge in [-0.3, -0.25) is 20.4 Å². The molecule has 0 aliphatic rings. The molecular weight excluding hydrogens is 424 g/mol. The molecule has 0 aliphatic heterocycles. The van der Waals surface area contributed by atoms with Gasteiger partial charge in [-0.2, -0.15) is 0 Å². The first kappa shape index (κ1) is 21.8. The van der Waals surface area contributed by atoms with E-state index in [9.17, 15) is 9.59 Å². The summed E-state index contributed by atoms with van der Waals surface area (Å²) in [6, 6.07) is 9.53. The lowest BCUT2D eigenvalue weighted by Gasteiger charge is -2.18. The monoisotopic (exact) mass is 448 g/mol. The Morgan fingerprint density at radius 2 is 1.64 bits per heavy atom. The first-order chi connectivity index (χ1) is 13.2. The molecule has 0 bridgehead atoms. The Morgan fingerprint density at radius 3 is 2.25 bits per heavy atom. The lowest BCUT2D eigenvalue weighted by Crippen LogP contribution is -2.48. The molecule has 2 aromatic carbocycles. The van der Waals surface area contributed by atoms with Crippen molar-refractivity contribution in [2.75, 3.05) is 6.61 Å². The lowest BCUT2D eigenvalue weighted by atomic mass is 10.1. The molecule has 2 rings (SSSR count). The Hall–Kier alpha value is -2.54. The highest BCUT2D eigenvalue weighted by Crippen LogP contribution is 2.28. The number of nitrogens with one attached hydrogen (secondary N) is 2. The zero-order valence-electron chi connectivity index (χ0n) is 16.7. The maximum Gasteiger partial charge on any atom is 0.279 e. The fourth-order valence-corrected chi connectivity index (χ4v) is 3.37. The van der Waals surface area contributed by atoms with Crippen LogP contribution in [0.15, 0.2) is 34.8 Å². The highest BCUT2D eigenvalue weighted by Gasteiger charge is 2.18. The van der Waals surface area contributed by atoms with Gasteiger partial charge in [-0.1, -0.05) is 33.6 Å². The molecule has 1 atom stereocenters. The zero-order valence-corrected chi connectivity index (χ0v) is 18.3. The molecule has 0 aromatic heterocycles. The molecular formula is C21H25BrN2O4. The van der Waals surface area contributed by atoms with Crippen LogP contribution in [0.2, 0.25) is 0 Å². The van der Waals surface area contributed by atoms with Gasteiger partial charge in [0.2, 0.25) is 0 Å². The molecule has 0 radical (unpaired) electrons. The first-order valence-electron chi connectivity index (χ1n) is 8.89. The topological polar surface area (TPSA) is 76.7 Å². The van der Waals surface area contributed by atoms with E-state index < -0.39 is 17.9 Å². The molecule has 0 heterocycles. The third-order valence-electron chi connectivity index (χ3n) is 4.10. The minimum Gasteiger partial charge on any atom is -0.483 e. The van der Waals surface area contributed by atoms with Crippen molar-refractivity contribution >= 4 is 27.7 Å². The fourth-order valence-electron chi connectivity index (χ4n) is 2.69. The summed E-state index contributed by atoms with van der Waals surface area (Å²) in [7, 11) is 0. The Morgan fingerprint density at radius 1 is 1.00 bits per heavy atom. The van der Waals surface area contributed by atoms with Gasteiger partial charge in [0, 0.05) is 4.47 Å². The Bertz CT molecular complexity index is 860. The van der Waals surface area contributed by atoms with Crippen LogP contribution >= 0.6 is 15.9 Å². The first-order valence-corrected chi connectivity index (χ1v) is 9.69. The zero-order chi connectivity index (χ0) is 20.8. The van der Waals surface area contributed by atoms with Crippen molar-refractivity contribution < 1.29 is 19.1 Å². The third-order valence-corrected chi connectivity index (χ3v) is 4.56. The number of halogens is 1. The normalized spacial score (nSPS) is 11.5. The van der Waals surface area contributed by atoms with Gasteiger partial charge < -0.3 is 9.47 Å². The number of aryl methyl sites for hydroxylation is 4. The molecule has 2 amide bonds. The number of rotatable bonds is 6. The number of carbonyl (C=O) groups is 2. The van der Waals surface area contributed by atoms with Crippen molar-refractivity contribution in [2.45, 2.75) is 40.7 Å². The summed E-state index contributed by atoms with van der Waals surface area (Å²) < 4.78 is 12.2. The van der Waals surface area contributed by atoms with Crippen molar-refractivity contribution in [3.8, 4) is 11.5 Å². The minimum atomic E-state index is -0.779. The largest absolute Gasteiger partial charge is 0.483 e. The van der Waals surface area contributed by atoms with Crippen LogP contribution in [0.5, 0.6) is 11.5 Å². The number of hydrogen-bond donors (Lipinski definition) is 2. The molecule has 28 heavy (non-hydrogen) atoms. The third kappa shape index (κ3) is 5.99. The Balaban J connectivity index is 1.83. The van der Waals surface area contributed by atoms with Crippen molar-refractivity contribution in [3.05, 3.63) is 57.1 Å². The molecule has 0 spiro atoms. The van der Waals surface area contributed by atoms with Crippen molar-refractivity contribution in [1.29, 1.82) is 0 Å². The summed E-state index contributed by atoms with van der Waals surface area (Å²) in [6.45, 7) is 9.12. The molecule has 6 nitrogen and oxygen atoms in total. The number of hydrogen-bond acceptors (Lipinski definition) is 4. The average molecular weight is 449 g/mol. The van der Waals surface area contributed by atoms with Crippen LogP contribution in [0.4, 0.5) is 0 Å². The quantitative estimate of drug-likeness (QED) is 0.660. The van der Waals surface area contributed by atoms with Crippen LogP contribution in [-0.2, 0) is 9.59 Å². The predicted octanol–water partition coefficient (Wildman–Crippen LogP) is 3.68. The number of benzene rings is 2. The molecule has 0 aliphatic carbocycles. The van der Waals surface area contributed by atoms with Gasteiger partial charge >= 0.3 is 0 Å². The van der Waals surface area contributed by atoms with Crippen LogP contribution in [0, 0.1) is 27.7 Å². The molecule has 0 saturated carbocycles. The summed E-state index contributed by atoms with van der Waals surface area (Å²) in [5, 5.41) is 0. The molecule has 0 fully saturated rings. The summed E-state index contributed by atoms with van der Waals surface area (Å²) >= 11 is 3.43. The standard InChI is InChI=1S/C21H25BrN2O4/c1-12-6-7-18(13(2)8-12)27-11-19(25)23-24-21(26)16(5)28-20-14(3)9-17(22)10-15(20)4/h6-10,16H,11H2,1-5H3,(H,23,25)(H,24,26). The molecule has 1 unspecified atom stereocenters. The van der Waals surface area contributed by atoms with E-state index in [0.29, 0.717) is 11.5 Å². The maximum absolute atomic E-state index is 12.2. The smallest absolute Gasteiger partial charge is 0.279 e. The molecule has 7 heteroatoms. The lowest BCUT2D eigenvalue weighted by molar-refractivity contribution is -0.133. The second-order valence-electron chi connectivity index (χ2n) is 6.72. The second kappa shape index (κ2) is 9.59. The molecule has 2 N–H and O–H groups in total. The number of hydrazine groups is 1. The van der Waals surface area contributed by atoms with Crippen LogP contribution in [0.1, 0.15) is 29.2 Å². The van der Waals surface area contributed by atoms with E-state index in [0.717, 1.165) is 26.7 Å². The predicted molar refractivity (Wildman–Crippen MR) is 111 cm³/mol. The number of carbonyl (C=O) groups excluding carboxylic acids is 2. The van der Waals surface area contributed by atoms with Gasteiger partial charge in [0.05, 0.1) is 0 Å². The van der Waals surface area contributed by atoms with Crippen LogP contribution < -0.4 is 20.3 Å². The van der Waals surface area contributed by atoms with Crippen molar-refractivity contribution in [2.24, 2.45) is 0 Å². The summed E-state index contributed by atoms with van der Waals surface area (Å²) in [6.07, 6.45) is -0.779. The number of ether oxygens (including phenoxy) is 2. The van der Waals surface area contributed by atoms with Crippen molar-refractivity contribution in [3.63, 3.8) is 0 Å². The van der Waals surface area contributed by atoms with Crippen molar-refractivity contribution in [1.82, 2.24) is 10.9 Å². The average Bonchev–Trinajstić information content (AvgIpc) is 2.61. The summed E-state index contributed by atoms with van der Waals surface area (Å²) in [4.78, 5) is 24.1. The Kier molecular flexibility index (Phi) is 7.45. The van der Waals surface area contributed by atoms with E-state index in [1.807, 2.05) is 58.0 Å². The fraction of sp³-hybridized carbons (Fsp3) is 0.333. The molecule has 150 valence electrons. The van der Waals surface area contributed by atoms with Gasteiger partial charge in [0.15, 0.2) is 12.7 Å². The molecule has 0 saturated heterocycles. The van der Waals surface area contributed by atoms with Gasteiger partial charge in [0.25, 0.3) is 11.8 Å². The molecule has 2 aromatic rings. The van der Waals surface area contributed by atoms with Gasteiger partial charge in [-0.15, -0.1) is 0 Å². The minimum absolute atomic E-state index is 0.204. The highest BCUT2D eigenvalue weighted by molar-refractivity contribution is 9.10. The SMILES string of the molecule is Cc1ccc(OCC(=O)NNC(=O)C(C)Oc2c(C)cc(Br)cc2C)c(C)c1. The summed E-state index contributed by atoms with van der Waals surface area (Å²) in [5.74, 6) is 0.360. The van der Waals surface area contributed by atoms with Gasteiger partial charge in [0.1, 0.15) is 11.5 Å². The Labute approximate surface area is 173 Å². The van der Waals surface area contributed by atoms with E-state index in [4.69, 9.17) is 9.47 Å². The number of amides is 2. The van der Waals surface area contributed by atoms with Crippen LogP contribution in [-0.4, -0.2) is 24.5 Å². The van der Waals surface area contributed by atoms with E-state index in [1.165, 1.54) is 0 Å². The second-order valence-corrected chi connectivity index (χ2v) is 7.64. The van der Waals surface area contributed by atoms with Crippen LogP contribution in [0.25, 0.3) is 0 Å². The van der Waals surface area contributed by atoms with E-state index in [2.05, 4.69) is 26.8 Å². The van der Waals surface area contributed by atoms with E-state index in [1.54, 1.807) is 6.92 Å². The van der Waals surface area contributed by atoms with Gasteiger partial charge in [-0.25, -0.2) is 0 Å². The van der Waals surface area contributed by atoms with E-state index >= 15 is 0 Å². The maximum atomic E-state index is 12.2. The highest BCUT2D eigenvalue weighted by atomic mass is 79.9. The summed E-state index contributed by atoms with van der Waals surface area (Å²) in [5.41, 5.74) is 8.59. The van der Waals surface area contributed by atoms with E-state index in [-0.39, 0.29) is 6.61 Å².